The van der Waals surface area contributed by atoms with E-state index in [-0.39, 0.29) is 84.9 Å². The molecule has 6 aliphatic rings. The second-order valence-electron chi connectivity index (χ2n) is 34.8. The van der Waals surface area contributed by atoms with Crippen LogP contribution in [0.15, 0.2) is 218 Å². The minimum Gasteiger partial charge on any atom is -0.446 e. The van der Waals surface area contributed by atoms with Crippen LogP contribution in [-0.4, -0.2) is 140 Å². The number of aryl methyl sites for hydroxylation is 8. The topological polar surface area (TPSA) is 270 Å². The number of carbonyl (C=O) groups excluding carboxylic acids is 6. The molecule has 0 unspecified atom stereocenters. The highest BCUT2D eigenvalue weighted by Gasteiger charge is 2.37. The van der Waals surface area contributed by atoms with E-state index < -0.39 is 58.9 Å². The lowest BCUT2D eigenvalue weighted by atomic mass is 9.53. The highest BCUT2D eigenvalue weighted by atomic mass is 35.5. The molecule has 30 heteroatoms. The van der Waals surface area contributed by atoms with Gasteiger partial charge in [0, 0.05) is 104 Å². The number of hydrogen-bond donors (Lipinski definition) is 6. The molecular weight excluding hydrogens is 1760 g/mol. The number of halogens is 7. The van der Waals surface area contributed by atoms with Gasteiger partial charge in [0.2, 0.25) is 0 Å². The van der Waals surface area contributed by atoms with E-state index in [4.69, 9.17) is 46.5 Å². The maximum Gasteiger partial charge on any atom is 0.491 e. The molecule has 0 spiro atoms. The van der Waals surface area contributed by atoms with Crippen molar-refractivity contribution in [1.29, 1.82) is 0 Å². The number of rotatable bonds is 18. The largest absolute Gasteiger partial charge is 0.491 e. The van der Waals surface area contributed by atoms with Crippen molar-refractivity contribution in [1.82, 2.24) is 0 Å². The quantitative estimate of drug-likeness (QED) is 0.0265. The first-order valence-electron chi connectivity index (χ1n) is 44.8. The van der Waals surface area contributed by atoms with Gasteiger partial charge in [-0.3, -0.25) is 28.8 Å². The van der Waals surface area contributed by atoms with Gasteiger partial charge in [-0.15, -0.1) is 0 Å². The monoisotopic (exact) mass is 1860 g/mol. The van der Waals surface area contributed by atoms with Gasteiger partial charge in [0.05, 0.1) is 16.1 Å². The Kier molecular flexibility index (Phi) is 34.6. The van der Waals surface area contributed by atoms with Crippen LogP contribution < -0.4 is 32.8 Å². The third kappa shape index (κ3) is 26.8. The highest BCUT2D eigenvalue weighted by Crippen LogP contribution is 2.34. The normalized spacial score (nSPS) is 14.0. The highest BCUT2D eigenvalue weighted by molar-refractivity contribution is 6.67. The molecule has 0 saturated heterocycles. The number of carbonyl (C=O) groups is 6. The lowest BCUT2D eigenvalue weighted by molar-refractivity contribution is -0.138. The molecule has 6 aliphatic heterocycles. The molecule has 0 bridgehead atoms. The lowest BCUT2D eigenvalue weighted by Crippen LogP contribution is -2.41. The fraction of sp³-hybridized carbons (Fsp3) is 0.257. The Bertz CT molecular complexity index is 6010. The van der Waals surface area contributed by atoms with Crippen LogP contribution in [0.4, 0.5) is 22.0 Å². The zero-order valence-corrected chi connectivity index (χ0v) is 77.5. The van der Waals surface area contributed by atoms with Crippen LogP contribution in [-0.2, 0) is 106 Å². The van der Waals surface area contributed by atoms with Gasteiger partial charge in [-0.1, -0.05) is 211 Å². The molecule has 135 heavy (non-hydrogen) atoms. The molecule has 0 aromatic heterocycles. The van der Waals surface area contributed by atoms with Crippen molar-refractivity contribution in [3.63, 3.8) is 0 Å². The Labute approximate surface area is 794 Å². The molecule has 12 aromatic rings. The molecule has 6 heterocycles. The summed E-state index contributed by atoms with van der Waals surface area (Å²) >= 11 is 12.2. The number of hydrogen-bond acceptors (Lipinski definition) is 17. The molecule has 0 saturated carbocycles. The van der Waals surface area contributed by atoms with Crippen LogP contribution in [0, 0.1) is 60.1 Å². The number of alkyl halides is 3. The second kappa shape index (κ2) is 46.1. The molecule has 0 atom stereocenters. The Morgan fingerprint density at radius 3 is 0.993 bits per heavy atom. The molecule has 690 valence electrons. The minimum absolute atomic E-state index is 0.00747. The Morgan fingerprint density at radius 2 is 0.622 bits per heavy atom. The lowest BCUT2D eigenvalue weighted by Gasteiger charge is -2.19. The van der Waals surface area contributed by atoms with Gasteiger partial charge in [0.15, 0.2) is 34.7 Å². The van der Waals surface area contributed by atoms with Crippen LogP contribution in [0.25, 0.3) is 0 Å². The summed E-state index contributed by atoms with van der Waals surface area (Å²) in [6.45, 7) is 15.0. The van der Waals surface area contributed by atoms with E-state index in [1.54, 1.807) is 93.6 Å². The average molecular weight is 1870 g/mol. The van der Waals surface area contributed by atoms with Crippen molar-refractivity contribution in [3.05, 3.63) is 385 Å². The zero-order valence-electron chi connectivity index (χ0n) is 76.0. The molecule has 18 rings (SSSR count). The van der Waals surface area contributed by atoms with E-state index in [1.807, 2.05) is 124 Å². The van der Waals surface area contributed by atoms with Crippen molar-refractivity contribution in [2.24, 2.45) is 0 Å². The standard InChI is InChI=1S/C19H21BO2.C18H16BF3O3.2C17H16BClO3.2C17H16BFO3/c1-13-5-7-17(10-14(13)2)19(21)12-15-6-8-16-4-3-9-20(22)18(16)11-15;1-11-2-5-14(15(8-11)18(20,21)22)17(23)10-12-3-4-13-6-7-25-19(24)16(13)9-12;1-11-2-5-14(16(19)8-11)17(20)10-12-3-4-13-6-7-22-18(21)15(13)9-12;1-11-2-4-14(10-16(11)19)17(20)9-12-3-5-13-6-7-22-18(21)15(13)8-12;1-11-2-5-14(16(19)8-11)17(20)10-12-3-4-13-6-7-22-18(21)15(13)9-12;1-11-2-4-14(10-16(11)19)17(20)9-12-3-5-13-6-7-22-18(21)15(13)8-12/h5-8,10-11,22H,3-4,9,12H2,1-2H3;2-5,8-9,24H,6-7,10H2,1H3;2-5,8-9,21H,6-7,10H2,1H3;2-5,8,10,21H,6-7,9H2,1H3;2-5,8-9,21H,6-7,10H2,1H3;2-5,8,10,21H,6-7,9H2,1H3. The molecule has 17 nitrogen and oxygen atoms in total. The van der Waals surface area contributed by atoms with Gasteiger partial charge in [-0.05, 0) is 269 Å². The van der Waals surface area contributed by atoms with Gasteiger partial charge in [-0.2, -0.15) is 13.2 Å². The molecule has 0 radical (unpaired) electrons. The van der Waals surface area contributed by atoms with E-state index in [1.165, 1.54) is 41.5 Å². The van der Waals surface area contributed by atoms with E-state index in [0.717, 1.165) is 151 Å². The predicted molar refractivity (Wildman–Crippen MR) is 521 cm³/mol. The van der Waals surface area contributed by atoms with Crippen LogP contribution in [0.5, 0.6) is 0 Å². The second-order valence-corrected chi connectivity index (χ2v) is 35.6. The summed E-state index contributed by atoms with van der Waals surface area (Å²) in [6, 6.07) is 63.2. The van der Waals surface area contributed by atoms with E-state index in [9.17, 15) is 80.9 Å². The minimum atomic E-state index is -4.59. The third-order valence-corrected chi connectivity index (χ3v) is 25.5. The average Bonchev–Trinajstić information content (AvgIpc) is 0.828. The maximum absolute atomic E-state index is 13.9. The van der Waals surface area contributed by atoms with Crippen molar-refractivity contribution < 1.29 is 104 Å². The van der Waals surface area contributed by atoms with Crippen LogP contribution in [0.3, 0.4) is 0 Å². The molecular formula is C105H101B6Cl2F5O17. The van der Waals surface area contributed by atoms with Crippen molar-refractivity contribution in [3.8, 4) is 0 Å². The zero-order chi connectivity index (χ0) is 96.6. The van der Waals surface area contributed by atoms with Gasteiger partial charge in [0.1, 0.15) is 11.6 Å². The third-order valence-electron chi connectivity index (χ3n) is 24.7. The number of fused-ring (bicyclic) bond motifs is 6. The summed E-state index contributed by atoms with van der Waals surface area (Å²) in [5, 5.41) is 60.5. The van der Waals surface area contributed by atoms with Crippen molar-refractivity contribution >= 4 is 133 Å². The van der Waals surface area contributed by atoms with Gasteiger partial charge >= 0.3 is 48.7 Å². The molecule has 6 N–H and O–H groups in total. The summed E-state index contributed by atoms with van der Waals surface area (Å²) < 4.78 is 93.0. The molecule has 12 aromatic carbocycles. The smallest absolute Gasteiger partial charge is 0.446 e. The summed E-state index contributed by atoms with van der Waals surface area (Å²) in [6.07, 6.45) is 3.02. The molecule has 0 amide bonds. The van der Waals surface area contributed by atoms with E-state index >= 15 is 0 Å². The predicted octanol–water partition coefficient (Wildman–Crippen LogP) is 13.9. The SMILES string of the molecule is Cc1ccc(C(=O)Cc2ccc3c(c2)B(O)CCC3)cc1C.Cc1ccc(C(=O)Cc2ccc3c(c2)B(O)OCC3)c(C(F)(F)F)c1.Cc1ccc(C(=O)Cc2ccc3c(c2)B(O)OCC3)c(Cl)c1.Cc1ccc(C(=O)Cc2ccc3c(c2)B(O)OCC3)c(F)c1.Cc1ccc(C(=O)Cc2ccc3c(c2)B(O)OCC3)cc1Cl.Cc1ccc(C(=O)Cc2ccc3c(c2)B(O)OCC3)cc1F. The first-order valence-corrected chi connectivity index (χ1v) is 45.6. The molecule has 0 aliphatic carbocycles. The fourth-order valence-corrected chi connectivity index (χ4v) is 17.3. The van der Waals surface area contributed by atoms with Crippen LogP contribution >= 0.6 is 23.2 Å². The Balaban J connectivity index is 0.000000137. The Hall–Kier alpha value is -11.2. The van der Waals surface area contributed by atoms with Gasteiger partial charge in [0.25, 0.3) is 0 Å². The fourth-order valence-electron chi connectivity index (χ4n) is 16.8. The van der Waals surface area contributed by atoms with Crippen LogP contribution in [0.2, 0.25) is 16.4 Å². The summed E-state index contributed by atoms with van der Waals surface area (Å²) in [7, 11) is -4.75. The first-order chi connectivity index (χ1) is 64.5. The number of benzene rings is 12. The molecule has 0 fully saturated rings. The first kappa shape index (κ1) is 101. The van der Waals surface area contributed by atoms with E-state index in [2.05, 4.69) is 13.0 Å². The van der Waals surface area contributed by atoms with Crippen molar-refractivity contribution in [2.45, 2.75) is 144 Å². The van der Waals surface area contributed by atoms with Crippen molar-refractivity contribution in [2.75, 3.05) is 33.0 Å². The number of ketones is 6. The Morgan fingerprint density at radius 1 is 0.304 bits per heavy atom. The van der Waals surface area contributed by atoms with Gasteiger partial charge < -0.3 is 53.4 Å². The summed E-state index contributed by atoms with van der Waals surface area (Å²) in [4.78, 5) is 74.2. The maximum atomic E-state index is 13.9. The summed E-state index contributed by atoms with van der Waals surface area (Å²) in [5.41, 5.74) is 22.8. The number of Topliss-reactive ketones (excluding diaryl/α,β-unsaturated/α-hetero) is 6. The van der Waals surface area contributed by atoms with E-state index in [0.29, 0.717) is 106 Å². The summed E-state index contributed by atoms with van der Waals surface area (Å²) in [5.74, 6) is -1.80. The van der Waals surface area contributed by atoms with Crippen LogP contribution in [0.1, 0.15) is 180 Å². The van der Waals surface area contributed by atoms with Gasteiger partial charge in [-0.25, -0.2) is 8.78 Å².